The van der Waals surface area contributed by atoms with Crippen molar-refractivity contribution in [3.05, 3.63) is 35.6 Å². The Hall–Kier alpha value is -0.890. The molecule has 0 aromatic heterocycles. The molecule has 0 heterocycles. The van der Waals surface area contributed by atoms with Crippen molar-refractivity contribution < 1.29 is 9.50 Å². The molecule has 2 unspecified atom stereocenters. The highest BCUT2D eigenvalue weighted by Gasteiger charge is 2.23. The first kappa shape index (κ1) is 9.66. The lowest BCUT2D eigenvalue weighted by Crippen LogP contribution is -2.04. The molecule has 14 heavy (non-hydrogen) atoms. The molecule has 2 rings (SSSR count). The molecule has 76 valence electrons. The van der Waals surface area contributed by atoms with Crippen molar-refractivity contribution in [2.75, 3.05) is 0 Å². The predicted octanol–water partition coefficient (Wildman–Crippen LogP) is 2.53. The van der Waals surface area contributed by atoms with Gasteiger partial charge in [0, 0.05) is 0 Å². The summed E-state index contributed by atoms with van der Waals surface area (Å²) in [6, 6.07) is 6.91. The van der Waals surface area contributed by atoms with Crippen molar-refractivity contribution in [1.82, 2.24) is 0 Å². The molecule has 1 nitrogen and oxygen atoms in total. The van der Waals surface area contributed by atoms with Crippen LogP contribution in [0, 0.1) is 11.7 Å². The molecule has 1 saturated carbocycles. The van der Waals surface area contributed by atoms with Gasteiger partial charge in [0.1, 0.15) is 5.82 Å². The van der Waals surface area contributed by atoms with Crippen LogP contribution in [0.1, 0.15) is 24.8 Å². The zero-order chi connectivity index (χ0) is 9.97. The predicted molar refractivity (Wildman–Crippen MR) is 53.5 cm³/mol. The highest BCUT2D eigenvalue weighted by molar-refractivity contribution is 5.18. The fourth-order valence-corrected chi connectivity index (χ4v) is 2.21. The van der Waals surface area contributed by atoms with E-state index in [0.717, 1.165) is 31.2 Å². The van der Waals surface area contributed by atoms with Gasteiger partial charge in [-0.25, -0.2) is 4.39 Å². The molecule has 2 atom stereocenters. The number of rotatable bonds is 2. The molecule has 0 aliphatic heterocycles. The topological polar surface area (TPSA) is 20.2 Å². The maximum Gasteiger partial charge on any atom is 0.126 e. The van der Waals surface area contributed by atoms with E-state index in [1.165, 1.54) is 6.07 Å². The van der Waals surface area contributed by atoms with Gasteiger partial charge < -0.3 is 5.11 Å². The van der Waals surface area contributed by atoms with Crippen LogP contribution in [0.4, 0.5) is 4.39 Å². The van der Waals surface area contributed by atoms with Crippen molar-refractivity contribution in [3.8, 4) is 0 Å². The summed E-state index contributed by atoms with van der Waals surface area (Å²) in [7, 11) is 0. The summed E-state index contributed by atoms with van der Waals surface area (Å²) in [4.78, 5) is 0. The van der Waals surface area contributed by atoms with E-state index < -0.39 is 0 Å². The van der Waals surface area contributed by atoms with Crippen LogP contribution in [-0.2, 0) is 6.42 Å². The Balaban J connectivity index is 2.01. The van der Waals surface area contributed by atoms with Crippen LogP contribution in [0.3, 0.4) is 0 Å². The summed E-state index contributed by atoms with van der Waals surface area (Å²) >= 11 is 0. The first-order chi connectivity index (χ1) is 6.75. The summed E-state index contributed by atoms with van der Waals surface area (Å²) in [6.07, 6.45) is 3.33. The van der Waals surface area contributed by atoms with Gasteiger partial charge in [-0.05, 0) is 43.2 Å². The van der Waals surface area contributed by atoms with Gasteiger partial charge in [-0.2, -0.15) is 0 Å². The molecule has 1 N–H and O–H groups in total. The minimum Gasteiger partial charge on any atom is -0.393 e. The van der Waals surface area contributed by atoms with Crippen molar-refractivity contribution in [3.63, 3.8) is 0 Å². The molecule has 1 aliphatic carbocycles. The van der Waals surface area contributed by atoms with E-state index in [0.29, 0.717) is 5.92 Å². The molecule has 1 aromatic rings. The van der Waals surface area contributed by atoms with Crippen molar-refractivity contribution in [2.24, 2.45) is 5.92 Å². The van der Waals surface area contributed by atoms with Crippen LogP contribution in [0.25, 0.3) is 0 Å². The maximum absolute atomic E-state index is 13.3. The average molecular weight is 194 g/mol. The third-order valence-corrected chi connectivity index (χ3v) is 2.98. The van der Waals surface area contributed by atoms with E-state index >= 15 is 0 Å². The largest absolute Gasteiger partial charge is 0.393 e. The van der Waals surface area contributed by atoms with E-state index in [1.54, 1.807) is 6.07 Å². The first-order valence-electron chi connectivity index (χ1n) is 5.17. The fourth-order valence-electron chi connectivity index (χ4n) is 2.21. The standard InChI is InChI=1S/C12H15FO/c13-12-4-2-1-3-10(12)7-9-5-6-11(14)8-9/h1-4,9,11,14H,5-8H2. The zero-order valence-electron chi connectivity index (χ0n) is 8.12. The molecule has 0 amide bonds. The average Bonchev–Trinajstić information content (AvgIpc) is 2.56. The Morgan fingerprint density at radius 2 is 2.07 bits per heavy atom. The van der Waals surface area contributed by atoms with Gasteiger partial charge in [-0.3, -0.25) is 0 Å². The molecule has 0 spiro atoms. The Morgan fingerprint density at radius 3 is 2.71 bits per heavy atom. The molecule has 1 fully saturated rings. The number of benzene rings is 1. The lowest BCUT2D eigenvalue weighted by atomic mass is 9.98. The molecule has 0 bridgehead atoms. The van der Waals surface area contributed by atoms with Crippen molar-refractivity contribution >= 4 is 0 Å². The maximum atomic E-state index is 13.3. The normalized spacial score (nSPS) is 26.7. The minimum absolute atomic E-state index is 0.117. The van der Waals surface area contributed by atoms with Gasteiger partial charge >= 0.3 is 0 Å². The second-order valence-corrected chi connectivity index (χ2v) is 4.13. The molecule has 2 heteroatoms. The minimum atomic E-state index is -0.160. The quantitative estimate of drug-likeness (QED) is 0.767. The smallest absolute Gasteiger partial charge is 0.126 e. The van der Waals surface area contributed by atoms with E-state index in [9.17, 15) is 9.50 Å². The lowest BCUT2D eigenvalue weighted by molar-refractivity contribution is 0.177. The van der Waals surface area contributed by atoms with Crippen molar-refractivity contribution in [1.29, 1.82) is 0 Å². The Morgan fingerprint density at radius 1 is 1.29 bits per heavy atom. The molecule has 1 aliphatic rings. The number of hydrogen-bond donors (Lipinski definition) is 1. The molecular formula is C12H15FO. The van der Waals surface area contributed by atoms with Crippen LogP contribution in [-0.4, -0.2) is 11.2 Å². The molecule has 1 aromatic carbocycles. The Kier molecular flexibility index (Phi) is 2.82. The summed E-state index contributed by atoms with van der Waals surface area (Å²) in [5.74, 6) is 0.343. The second-order valence-electron chi connectivity index (χ2n) is 4.13. The van der Waals surface area contributed by atoms with Gasteiger partial charge in [0.25, 0.3) is 0 Å². The van der Waals surface area contributed by atoms with Crippen LogP contribution < -0.4 is 0 Å². The van der Waals surface area contributed by atoms with Gasteiger partial charge in [0.05, 0.1) is 6.10 Å². The Bertz CT molecular complexity index is 311. The van der Waals surface area contributed by atoms with Gasteiger partial charge in [0.2, 0.25) is 0 Å². The lowest BCUT2D eigenvalue weighted by Gasteiger charge is -2.09. The van der Waals surface area contributed by atoms with Crippen molar-refractivity contribution in [2.45, 2.75) is 31.8 Å². The number of halogens is 1. The highest BCUT2D eigenvalue weighted by atomic mass is 19.1. The first-order valence-corrected chi connectivity index (χ1v) is 5.17. The highest BCUT2D eigenvalue weighted by Crippen LogP contribution is 2.29. The molecular weight excluding hydrogens is 179 g/mol. The fraction of sp³-hybridized carbons (Fsp3) is 0.500. The van der Waals surface area contributed by atoms with Crippen LogP contribution in [0.5, 0.6) is 0 Å². The summed E-state index contributed by atoms with van der Waals surface area (Å²) in [5.41, 5.74) is 0.784. The Labute approximate surface area is 83.6 Å². The number of aliphatic hydroxyl groups is 1. The van der Waals surface area contributed by atoms with Gasteiger partial charge in [-0.15, -0.1) is 0 Å². The summed E-state index contributed by atoms with van der Waals surface area (Å²) in [6.45, 7) is 0. The monoisotopic (exact) mass is 194 g/mol. The summed E-state index contributed by atoms with van der Waals surface area (Å²) < 4.78 is 13.3. The zero-order valence-corrected chi connectivity index (χ0v) is 8.12. The van der Waals surface area contributed by atoms with Gasteiger partial charge in [0.15, 0.2) is 0 Å². The summed E-state index contributed by atoms with van der Waals surface area (Å²) in [5, 5.41) is 9.35. The molecule has 0 saturated heterocycles. The van der Waals surface area contributed by atoms with E-state index in [2.05, 4.69) is 0 Å². The SMILES string of the molecule is OC1CCC(Cc2ccccc2F)C1. The van der Waals surface area contributed by atoms with Crippen LogP contribution in [0.2, 0.25) is 0 Å². The van der Waals surface area contributed by atoms with E-state index in [1.807, 2.05) is 12.1 Å². The van der Waals surface area contributed by atoms with E-state index in [4.69, 9.17) is 0 Å². The number of aliphatic hydroxyl groups excluding tert-OH is 1. The van der Waals surface area contributed by atoms with Gasteiger partial charge in [-0.1, -0.05) is 18.2 Å². The third-order valence-electron chi connectivity index (χ3n) is 2.98. The number of hydrogen-bond acceptors (Lipinski definition) is 1. The third kappa shape index (κ3) is 2.13. The second kappa shape index (κ2) is 4.09. The van der Waals surface area contributed by atoms with E-state index in [-0.39, 0.29) is 11.9 Å². The van der Waals surface area contributed by atoms with Crippen LogP contribution >= 0.6 is 0 Å². The van der Waals surface area contributed by atoms with Crippen LogP contribution in [0.15, 0.2) is 24.3 Å². The molecule has 0 radical (unpaired) electrons.